The van der Waals surface area contributed by atoms with E-state index in [0.29, 0.717) is 30.5 Å². The first kappa shape index (κ1) is 20.4. The standard InChI is InChI=1S/C27H22FNO2/c1-2-22-17-23(28)13-14-24(22)25-15-16-26(30-18-20-9-5-3-6-10-20)29-27(25)31-19-21-11-7-4-8-12-21/h2-17H,1,18-19H2. The summed E-state index contributed by atoms with van der Waals surface area (Å²) in [5.74, 6) is 0.559. The SMILES string of the molecule is C=Cc1cc(F)ccc1-c1ccc(OCc2ccccc2)nc1OCc1ccccc1. The minimum atomic E-state index is -0.318. The second-order valence-corrected chi connectivity index (χ2v) is 6.99. The fourth-order valence-electron chi connectivity index (χ4n) is 3.22. The van der Waals surface area contributed by atoms with Crippen LogP contribution < -0.4 is 9.47 Å². The molecule has 31 heavy (non-hydrogen) atoms. The van der Waals surface area contributed by atoms with Gasteiger partial charge < -0.3 is 9.47 Å². The normalized spacial score (nSPS) is 10.5. The lowest BCUT2D eigenvalue weighted by molar-refractivity contribution is 0.268. The average molecular weight is 411 g/mol. The maximum atomic E-state index is 13.7. The molecule has 0 atom stereocenters. The Balaban J connectivity index is 1.65. The monoisotopic (exact) mass is 411 g/mol. The van der Waals surface area contributed by atoms with Crippen molar-refractivity contribution in [2.45, 2.75) is 13.2 Å². The van der Waals surface area contributed by atoms with E-state index in [-0.39, 0.29) is 5.82 Å². The number of pyridine rings is 1. The lowest BCUT2D eigenvalue weighted by atomic mass is 10.0. The summed E-state index contributed by atoms with van der Waals surface area (Å²) < 4.78 is 25.7. The van der Waals surface area contributed by atoms with Gasteiger partial charge >= 0.3 is 0 Å². The largest absolute Gasteiger partial charge is 0.473 e. The van der Waals surface area contributed by atoms with Crippen LogP contribution in [0.5, 0.6) is 11.8 Å². The van der Waals surface area contributed by atoms with E-state index in [1.54, 1.807) is 18.2 Å². The van der Waals surface area contributed by atoms with Gasteiger partial charge in [0.1, 0.15) is 19.0 Å². The maximum absolute atomic E-state index is 13.7. The fraction of sp³-hybridized carbons (Fsp3) is 0.0741. The van der Waals surface area contributed by atoms with Gasteiger partial charge in [-0.15, -0.1) is 0 Å². The Kier molecular flexibility index (Phi) is 6.38. The fourth-order valence-corrected chi connectivity index (χ4v) is 3.22. The van der Waals surface area contributed by atoms with Crippen molar-refractivity contribution in [3.63, 3.8) is 0 Å². The second-order valence-electron chi connectivity index (χ2n) is 6.99. The van der Waals surface area contributed by atoms with Gasteiger partial charge in [-0.2, -0.15) is 4.98 Å². The predicted molar refractivity (Wildman–Crippen MR) is 121 cm³/mol. The van der Waals surface area contributed by atoms with Crippen molar-refractivity contribution in [3.8, 4) is 22.9 Å². The molecule has 154 valence electrons. The summed E-state index contributed by atoms with van der Waals surface area (Å²) in [4.78, 5) is 4.60. The molecule has 0 unspecified atom stereocenters. The number of halogens is 1. The van der Waals surface area contributed by atoms with Crippen molar-refractivity contribution in [1.29, 1.82) is 0 Å². The van der Waals surface area contributed by atoms with Crippen LogP contribution >= 0.6 is 0 Å². The van der Waals surface area contributed by atoms with Gasteiger partial charge in [0.25, 0.3) is 0 Å². The zero-order chi connectivity index (χ0) is 21.5. The zero-order valence-electron chi connectivity index (χ0n) is 17.0. The number of nitrogens with zero attached hydrogens (tertiary/aromatic N) is 1. The van der Waals surface area contributed by atoms with Crippen LogP contribution in [0.3, 0.4) is 0 Å². The molecule has 3 nitrogen and oxygen atoms in total. The van der Waals surface area contributed by atoms with Crippen molar-refractivity contribution < 1.29 is 13.9 Å². The summed E-state index contributed by atoms with van der Waals surface area (Å²) in [7, 11) is 0. The number of benzene rings is 3. The Bertz CT molecular complexity index is 1160. The van der Waals surface area contributed by atoms with Crippen molar-refractivity contribution >= 4 is 6.08 Å². The maximum Gasteiger partial charge on any atom is 0.225 e. The molecule has 0 aliphatic rings. The van der Waals surface area contributed by atoms with Crippen molar-refractivity contribution in [2.75, 3.05) is 0 Å². The molecule has 4 heteroatoms. The topological polar surface area (TPSA) is 31.4 Å². The highest BCUT2D eigenvalue weighted by Crippen LogP contribution is 2.34. The first-order valence-electron chi connectivity index (χ1n) is 10.00. The van der Waals surface area contributed by atoms with Crippen LogP contribution in [0.1, 0.15) is 16.7 Å². The van der Waals surface area contributed by atoms with E-state index < -0.39 is 0 Å². The minimum Gasteiger partial charge on any atom is -0.473 e. The molecule has 3 aromatic carbocycles. The molecule has 0 radical (unpaired) electrons. The minimum absolute atomic E-state index is 0.318. The quantitative estimate of drug-likeness (QED) is 0.324. The third-order valence-electron chi connectivity index (χ3n) is 4.81. The third kappa shape index (κ3) is 5.17. The van der Waals surface area contributed by atoms with Crippen LogP contribution in [0, 0.1) is 5.82 Å². The summed E-state index contributed by atoms with van der Waals surface area (Å²) in [6, 6.07) is 28.0. The zero-order valence-corrected chi connectivity index (χ0v) is 17.0. The summed E-state index contributed by atoms with van der Waals surface area (Å²) >= 11 is 0. The van der Waals surface area contributed by atoms with Gasteiger partial charge in [-0.05, 0) is 40.5 Å². The van der Waals surface area contributed by atoms with Crippen molar-refractivity contribution in [2.24, 2.45) is 0 Å². The molecule has 0 bridgehead atoms. The number of hydrogen-bond donors (Lipinski definition) is 0. The molecule has 0 aliphatic heterocycles. The molecule has 0 N–H and O–H groups in total. The van der Waals surface area contributed by atoms with Crippen molar-refractivity contribution in [3.05, 3.63) is 120 Å². The van der Waals surface area contributed by atoms with Gasteiger partial charge in [0.2, 0.25) is 11.8 Å². The van der Waals surface area contributed by atoms with Gasteiger partial charge in [-0.25, -0.2) is 4.39 Å². The van der Waals surface area contributed by atoms with Crippen LogP contribution in [0.4, 0.5) is 4.39 Å². The number of ether oxygens (including phenoxy) is 2. The van der Waals surface area contributed by atoms with E-state index in [0.717, 1.165) is 22.3 Å². The predicted octanol–water partition coefficient (Wildman–Crippen LogP) is 6.69. The van der Waals surface area contributed by atoms with Gasteiger partial charge in [0.15, 0.2) is 0 Å². The summed E-state index contributed by atoms with van der Waals surface area (Å²) in [5.41, 5.74) is 4.28. The molecule has 0 saturated heterocycles. The molecule has 1 aromatic heterocycles. The van der Waals surface area contributed by atoms with E-state index in [4.69, 9.17) is 9.47 Å². The van der Waals surface area contributed by atoms with Crippen LogP contribution in [0.2, 0.25) is 0 Å². The van der Waals surface area contributed by atoms with Crippen LogP contribution in [-0.2, 0) is 13.2 Å². The highest BCUT2D eigenvalue weighted by molar-refractivity contribution is 5.78. The highest BCUT2D eigenvalue weighted by Gasteiger charge is 2.14. The molecule has 0 saturated carbocycles. The van der Waals surface area contributed by atoms with Gasteiger partial charge in [0, 0.05) is 11.6 Å². The van der Waals surface area contributed by atoms with Crippen LogP contribution in [0.25, 0.3) is 17.2 Å². The number of aromatic nitrogens is 1. The summed E-state index contributed by atoms with van der Waals surface area (Å²) in [5, 5.41) is 0. The smallest absolute Gasteiger partial charge is 0.225 e. The first-order chi connectivity index (χ1) is 15.2. The molecule has 0 aliphatic carbocycles. The van der Waals surface area contributed by atoms with Crippen LogP contribution in [-0.4, -0.2) is 4.98 Å². The van der Waals surface area contributed by atoms with E-state index in [9.17, 15) is 4.39 Å². The van der Waals surface area contributed by atoms with Gasteiger partial charge in [0.05, 0.1) is 0 Å². The Morgan fingerprint density at radius 3 is 2.00 bits per heavy atom. The lowest BCUT2D eigenvalue weighted by Gasteiger charge is -2.15. The molecule has 4 rings (SSSR count). The molecular weight excluding hydrogens is 389 g/mol. The average Bonchev–Trinajstić information content (AvgIpc) is 2.83. The molecule has 0 fully saturated rings. The molecule has 0 spiro atoms. The third-order valence-corrected chi connectivity index (χ3v) is 4.81. The summed E-state index contributed by atoms with van der Waals surface area (Å²) in [6.07, 6.45) is 1.62. The van der Waals surface area contributed by atoms with E-state index in [1.165, 1.54) is 12.1 Å². The number of rotatable bonds is 8. The highest BCUT2D eigenvalue weighted by atomic mass is 19.1. The Labute approximate surface area is 181 Å². The Hall–Kier alpha value is -3.92. The molecule has 1 heterocycles. The van der Waals surface area contributed by atoms with Crippen molar-refractivity contribution in [1.82, 2.24) is 4.98 Å². The van der Waals surface area contributed by atoms with Crippen LogP contribution in [0.15, 0.2) is 97.6 Å². The van der Waals surface area contributed by atoms with E-state index in [2.05, 4.69) is 11.6 Å². The van der Waals surface area contributed by atoms with E-state index >= 15 is 0 Å². The molecular formula is C27H22FNO2. The van der Waals surface area contributed by atoms with Gasteiger partial charge in [-0.3, -0.25) is 0 Å². The second kappa shape index (κ2) is 9.72. The Morgan fingerprint density at radius 2 is 1.35 bits per heavy atom. The Morgan fingerprint density at radius 1 is 0.742 bits per heavy atom. The van der Waals surface area contributed by atoms with Gasteiger partial charge in [-0.1, -0.05) is 79.4 Å². The molecule has 4 aromatic rings. The lowest BCUT2D eigenvalue weighted by Crippen LogP contribution is -2.03. The number of hydrogen-bond acceptors (Lipinski definition) is 3. The van der Waals surface area contributed by atoms with E-state index in [1.807, 2.05) is 66.7 Å². The first-order valence-corrected chi connectivity index (χ1v) is 10.00. The summed E-state index contributed by atoms with van der Waals surface area (Å²) in [6.45, 7) is 4.57. The molecule has 0 amide bonds.